The molecule has 3 heterocycles. The summed E-state index contributed by atoms with van der Waals surface area (Å²) in [5, 5.41) is 5.17. The smallest absolute Gasteiger partial charge is 0.411 e. The Hall–Kier alpha value is -4.58. The third kappa shape index (κ3) is 6.00. The zero-order valence-corrected chi connectivity index (χ0v) is 24.1. The Balaban J connectivity index is 1.51. The zero-order chi connectivity index (χ0) is 30.8. The number of carbonyl (C=O) groups is 4. The van der Waals surface area contributed by atoms with Crippen molar-refractivity contribution in [2.24, 2.45) is 5.92 Å². The molecule has 0 saturated carbocycles. The van der Waals surface area contributed by atoms with Crippen molar-refractivity contribution in [1.29, 1.82) is 0 Å². The van der Waals surface area contributed by atoms with Gasteiger partial charge >= 0.3 is 17.9 Å². The molecule has 224 valence electrons. The van der Waals surface area contributed by atoms with E-state index in [0.29, 0.717) is 47.5 Å². The molecular weight excluding hydrogens is 584 g/mol. The molecule has 0 radical (unpaired) electrons. The molecule has 10 nitrogen and oxygen atoms in total. The molecule has 4 amide bonds. The first-order chi connectivity index (χ1) is 20.6. The molecule has 2 N–H and O–H groups in total. The van der Waals surface area contributed by atoms with E-state index < -0.39 is 47.2 Å². The van der Waals surface area contributed by atoms with Gasteiger partial charge < -0.3 is 15.0 Å². The molecule has 0 spiro atoms. The molecule has 2 aromatic carbocycles. The number of halogens is 3. The lowest BCUT2D eigenvalue weighted by Crippen LogP contribution is -2.56. The van der Waals surface area contributed by atoms with Crippen LogP contribution in [0.3, 0.4) is 0 Å². The molecule has 3 aromatic rings. The molecule has 2 aliphatic heterocycles. The van der Waals surface area contributed by atoms with Crippen molar-refractivity contribution in [3.05, 3.63) is 71.0 Å². The molecule has 2 unspecified atom stereocenters. The largest absolute Gasteiger partial charge is 0.453 e. The number of hydrogen-bond acceptors (Lipinski definition) is 6. The van der Waals surface area contributed by atoms with E-state index in [9.17, 15) is 28.0 Å². The SMILES string of the molecule is COC(=O)Nc1ccc2c(c1)NC(=O)C(C)CCCC(N1CCN(c3c(F)ccc(Cl)c3F)C(=O)C1=O)c1cc-2ccn1. The van der Waals surface area contributed by atoms with Crippen LogP contribution in [-0.4, -0.2) is 53.9 Å². The number of rotatable bonds is 3. The number of aromatic nitrogens is 1. The lowest BCUT2D eigenvalue weighted by Gasteiger charge is -2.38. The maximum atomic E-state index is 14.7. The highest BCUT2D eigenvalue weighted by Crippen LogP contribution is 2.37. The summed E-state index contributed by atoms with van der Waals surface area (Å²) in [5.74, 6) is -4.77. The number of carbonyl (C=O) groups excluding carboxylic acids is 4. The van der Waals surface area contributed by atoms with E-state index in [1.807, 2.05) is 0 Å². The topological polar surface area (TPSA) is 121 Å². The highest BCUT2D eigenvalue weighted by atomic mass is 35.5. The minimum Gasteiger partial charge on any atom is -0.453 e. The van der Waals surface area contributed by atoms with Crippen LogP contribution in [0.5, 0.6) is 0 Å². The Kier molecular flexibility index (Phi) is 8.58. The van der Waals surface area contributed by atoms with E-state index in [-0.39, 0.29) is 24.0 Å². The summed E-state index contributed by atoms with van der Waals surface area (Å²) in [6.45, 7) is 1.61. The number of piperazine rings is 1. The summed E-state index contributed by atoms with van der Waals surface area (Å²) in [5.41, 5.74) is 2.01. The molecule has 5 rings (SSSR count). The average molecular weight is 612 g/mol. The van der Waals surface area contributed by atoms with Crippen molar-refractivity contribution in [2.45, 2.75) is 32.2 Å². The molecule has 1 fully saturated rings. The van der Waals surface area contributed by atoms with E-state index in [1.165, 1.54) is 12.0 Å². The van der Waals surface area contributed by atoms with Gasteiger partial charge in [0.05, 0.1) is 29.6 Å². The summed E-state index contributed by atoms with van der Waals surface area (Å²) >= 11 is 5.82. The van der Waals surface area contributed by atoms with Gasteiger partial charge in [0, 0.05) is 36.5 Å². The Bertz CT molecular complexity index is 1620. The summed E-state index contributed by atoms with van der Waals surface area (Å²) in [4.78, 5) is 58.3. The van der Waals surface area contributed by atoms with Crippen LogP contribution in [0.4, 0.5) is 30.6 Å². The van der Waals surface area contributed by atoms with Gasteiger partial charge in [0.2, 0.25) is 5.91 Å². The monoisotopic (exact) mass is 611 g/mol. The van der Waals surface area contributed by atoms with Crippen molar-refractivity contribution in [3.63, 3.8) is 0 Å². The number of amides is 4. The molecule has 43 heavy (non-hydrogen) atoms. The van der Waals surface area contributed by atoms with Gasteiger partial charge in [-0.2, -0.15) is 0 Å². The average Bonchev–Trinajstić information content (AvgIpc) is 2.99. The van der Waals surface area contributed by atoms with Crippen LogP contribution in [0.2, 0.25) is 5.02 Å². The molecule has 0 aliphatic carbocycles. The minimum absolute atomic E-state index is 0.0122. The predicted octanol–water partition coefficient (Wildman–Crippen LogP) is 5.53. The van der Waals surface area contributed by atoms with Gasteiger partial charge in [-0.25, -0.2) is 13.6 Å². The van der Waals surface area contributed by atoms with E-state index in [1.54, 1.807) is 43.5 Å². The number of nitrogens with zero attached hydrogens (tertiary/aromatic N) is 3. The molecule has 1 aromatic heterocycles. The lowest BCUT2D eigenvalue weighted by atomic mass is 9.94. The van der Waals surface area contributed by atoms with Crippen LogP contribution in [0.25, 0.3) is 11.1 Å². The quantitative estimate of drug-likeness (QED) is 0.297. The Labute approximate surface area is 251 Å². The second-order valence-corrected chi connectivity index (χ2v) is 10.7. The van der Waals surface area contributed by atoms with Gasteiger partial charge in [0.1, 0.15) is 11.5 Å². The first kappa shape index (κ1) is 29.9. The van der Waals surface area contributed by atoms with E-state index in [0.717, 1.165) is 17.0 Å². The Morgan fingerprint density at radius 2 is 1.86 bits per heavy atom. The zero-order valence-electron chi connectivity index (χ0n) is 23.3. The highest BCUT2D eigenvalue weighted by molar-refractivity contribution is 6.41. The number of nitrogens with one attached hydrogen (secondary N) is 2. The molecule has 2 bridgehead atoms. The van der Waals surface area contributed by atoms with Gasteiger partial charge in [-0.1, -0.05) is 31.0 Å². The van der Waals surface area contributed by atoms with E-state index in [4.69, 9.17) is 11.6 Å². The molecule has 13 heteroatoms. The normalized spacial score (nSPS) is 19.1. The van der Waals surface area contributed by atoms with Crippen molar-refractivity contribution < 1.29 is 32.7 Å². The van der Waals surface area contributed by atoms with E-state index >= 15 is 0 Å². The van der Waals surface area contributed by atoms with Crippen molar-refractivity contribution >= 4 is 52.5 Å². The maximum Gasteiger partial charge on any atom is 0.411 e. The molecular formula is C30H28ClF2N5O5. The van der Waals surface area contributed by atoms with Gasteiger partial charge in [-0.15, -0.1) is 0 Å². The second-order valence-electron chi connectivity index (χ2n) is 10.3. The van der Waals surface area contributed by atoms with Crippen LogP contribution < -0.4 is 15.5 Å². The summed E-state index contributed by atoms with van der Waals surface area (Å²) in [7, 11) is 1.24. The van der Waals surface area contributed by atoms with Crippen LogP contribution in [0.1, 0.15) is 37.9 Å². The highest BCUT2D eigenvalue weighted by Gasteiger charge is 2.40. The first-order valence-electron chi connectivity index (χ1n) is 13.6. The number of anilines is 3. The van der Waals surface area contributed by atoms with Crippen LogP contribution in [-0.2, 0) is 19.1 Å². The van der Waals surface area contributed by atoms with Gasteiger partial charge in [-0.05, 0) is 54.8 Å². The number of methoxy groups -OCH3 is 1. The fourth-order valence-corrected chi connectivity index (χ4v) is 5.49. The fraction of sp³-hybridized carbons (Fsp3) is 0.300. The van der Waals surface area contributed by atoms with Crippen molar-refractivity contribution in [3.8, 4) is 11.1 Å². The van der Waals surface area contributed by atoms with E-state index in [2.05, 4.69) is 20.4 Å². The van der Waals surface area contributed by atoms with Crippen LogP contribution in [0, 0.1) is 17.6 Å². The second kappa shape index (κ2) is 12.3. The Morgan fingerprint density at radius 1 is 1.07 bits per heavy atom. The van der Waals surface area contributed by atoms with Gasteiger partial charge in [-0.3, -0.25) is 29.6 Å². The van der Waals surface area contributed by atoms with Gasteiger partial charge in [0.25, 0.3) is 0 Å². The lowest BCUT2D eigenvalue weighted by molar-refractivity contribution is -0.148. The summed E-state index contributed by atoms with van der Waals surface area (Å²) in [6.07, 6.45) is 2.28. The van der Waals surface area contributed by atoms with Crippen LogP contribution >= 0.6 is 11.6 Å². The number of ether oxygens (including phenoxy) is 1. The third-order valence-electron chi connectivity index (χ3n) is 7.62. The molecule has 2 aliphatic rings. The minimum atomic E-state index is -1.12. The molecule has 1 saturated heterocycles. The number of pyridine rings is 1. The Morgan fingerprint density at radius 3 is 2.63 bits per heavy atom. The number of fused-ring (bicyclic) bond motifs is 4. The third-order valence-corrected chi connectivity index (χ3v) is 7.92. The fourth-order valence-electron chi connectivity index (χ4n) is 5.34. The summed E-state index contributed by atoms with van der Waals surface area (Å²) < 4.78 is 34.0. The maximum absolute atomic E-state index is 14.7. The van der Waals surface area contributed by atoms with Crippen molar-refractivity contribution in [1.82, 2.24) is 9.88 Å². The number of benzene rings is 2. The standard InChI is InChI=1S/C30H28ClF2N5O5/c1-16-4-3-5-24(37-12-13-38(29(41)28(37)40)26-21(32)9-8-20(31)25(26)33)23-14-17(10-11-34-23)19-7-6-18(35-30(42)43-2)15-22(19)36-27(16)39/h6-11,14-16,24H,3-5,12-13H2,1-2H3,(H,35,42)(H,36,39). The summed E-state index contributed by atoms with van der Waals surface area (Å²) in [6, 6.07) is 9.85. The van der Waals surface area contributed by atoms with Crippen molar-refractivity contribution in [2.75, 3.05) is 35.7 Å². The number of hydrogen-bond donors (Lipinski definition) is 2. The van der Waals surface area contributed by atoms with Crippen LogP contribution in [0.15, 0.2) is 48.7 Å². The molecule has 2 atom stereocenters. The van der Waals surface area contributed by atoms with Gasteiger partial charge in [0.15, 0.2) is 5.82 Å². The first-order valence-corrected chi connectivity index (χ1v) is 14.0. The predicted molar refractivity (Wildman–Crippen MR) is 156 cm³/mol.